The molecule has 1 aromatic heterocycles. The highest BCUT2D eigenvalue weighted by atomic mass is 127. The van der Waals surface area contributed by atoms with Crippen molar-refractivity contribution in [2.24, 2.45) is 4.99 Å². The first-order chi connectivity index (χ1) is 15.4. The van der Waals surface area contributed by atoms with E-state index < -0.39 is 11.7 Å². The lowest BCUT2D eigenvalue weighted by molar-refractivity contribution is -0.137. The van der Waals surface area contributed by atoms with Crippen LogP contribution in [0.15, 0.2) is 47.6 Å². The normalized spacial score (nSPS) is 15.2. The standard InChI is InChI=1S/C23H31F3N6.HI/c1-3-31-12-14-32(15-13-31)21-16-19(9-10-28-21)17-30-22(27-2)29-11-8-18-4-6-20(7-5-18)23(24,25)26;/h4-7,9-10,16H,3,8,11-15,17H2,1-2H3,(H2,27,29,30);1H. The molecule has 0 amide bonds. The topological polar surface area (TPSA) is 55.8 Å². The first-order valence-corrected chi connectivity index (χ1v) is 10.9. The fraction of sp³-hybridized carbons (Fsp3) is 0.478. The van der Waals surface area contributed by atoms with Crippen LogP contribution in [0.5, 0.6) is 0 Å². The number of halogens is 4. The van der Waals surface area contributed by atoms with Crippen LogP contribution in [-0.4, -0.2) is 62.2 Å². The summed E-state index contributed by atoms with van der Waals surface area (Å²) in [6, 6.07) is 9.34. The quantitative estimate of drug-likeness (QED) is 0.299. The molecule has 0 unspecified atom stereocenters. The average molecular weight is 576 g/mol. The molecule has 1 aromatic carbocycles. The van der Waals surface area contributed by atoms with Crippen molar-refractivity contribution in [1.29, 1.82) is 0 Å². The molecular weight excluding hydrogens is 544 g/mol. The van der Waals surface area contributed by atoms with Gasteiger partial charge in [-0.2, -0.15) is 13.2 Å². The molecule has 0 aliphatic carbocycles. The van der Waals surface area contributed by atoms with E-state index in [2.05, 4.69) is 43.4 Å². The Morgan fingerprint density at radius 1 is 1.03 bits per heavy atom. The number of nitrogens with zero attached hydrogens (tertiary/aromatic N) is 4. The maximum Gasteiger partial charge on any atom is 0.416 e. The number of anilines is 1. The minimum Gasteiger partial charge on any atom is -0.356 e. The number of piperazine rings is 1. The number of pyridine rings is 1. The van der Waals surface area contributed by atoms with Crippen molar-refractivity contribution >= 4 is 35.8 Å². The maximum absolute atomic E-state index is 12.7. The predicted molar refractivity (Wildman–Crippen MR) is 137 cm³/mol. The number of hydrogen-bond acceptors (Lipinski definition) is 4. The van der Waals surface area contributed by atoms with E-state index in [4.69, 9.17) is 0 Å². The van der Waals surface area contributed by atoms with E-state index in [0.29, 0.717) is 25.5 Å². The Morgan fingerprint density at radius 2 is 1.73 bits per heavy atom. The Labute approximate surface area is 210 Å². The van der Waals surface area contributed by atoms with E-state index in [0.717, 1.165) is 61.8 Å². The molecule has 0 radical (unpaired) electrons. The van der Waals surface area contributed by atoms with Crippen LogP contribution in [0.3, 0.4) is 0 Å². The molecule has 2 heterocycles. The molecule has 33 heavy (non-hydrogen) atoms. The predicted octanol–water partition coefficient (Wildman–Crippen LogP) is 3.77. The molecule has 1 saturated heterocycles. The number of aliphatic imine (C=N–C) groups is 1. The van der Waals surface area contributed by atoms with Gasteiger partial charge >= 0.3 is 6.18 Å². The highest BCUT2D eigenvalue weighted by Gasteiger charge is 2.29. The van der Waals surface area contributed by atoms with E-state index in [1.807, 2.05) is 12.3 Å². The molecule has 1 fully saturated rings. The molecular formula is C23H32F3IN6. The van der Waals surface area contributed by atoms with Crippen LogP contribution < -0.4 is 15.5 Å². The summed E-state index contributed by atoms with van der Waals surface area (Å²) in [6.07, 6.45) is -1.87. The number of guanidine groups is 1. The Morgan fingerprint density at radius 3 is 2.33 bits per heavy atom. The molecule has 10 heteroatoms. The summed E-state index contributed by atoms with van der Waals surface area (Å²) in [7, 11) is 1.69. The number of aromatic nitrogens is 1. The Balaban J connectivity index is 0.00000385. The van der Waals surface area contributed by atoms with Gasteiger partial charge in [-0.15, -0.1) is 24.0 Å². The third kappa shape index (κ3) is 8.33. The van der Waals surface area contributed by atoms with Crippen LogP contribution >= 0.6 is 24.0 Å². The number of rotatable bonds is 7. The zero-order valence-electron chi connectivity index (χ0n) is 19.0. The first kappa shape index (κ1) is 27.2. The van der Waals surface area contributed by atoms with Crippen molar-refractivity contribution in [2.45, 2.75) is 26.1 Å². The summed E-state index contributed by atoms with van der Waals surface area (Å²) >= 11 is 0. The summed E-state index contributed by atoms with van der Waals surface area (Å²) in [5.74, 6) is 1.64. The fourth-order valence-electron chi connectivity index (χ4n) is 3.63. The lowest BCUT2D eigenvalue weighted by atomic mass is 10.1. The van der Waals surface area contributed by atoms with Gasteiger partial charge in [0.15, 0.2) is 5.96 Å². The molecule has 0 spiro atoms. The number of likely N-dealkylation sites (N-methyl/N-ethyl adjacent to an activating group) is 1. The Hall–Kier alpha value is -2.08. The largest absolute Gasteiger partial charge is 0.416 e. The highest BCUT2D eigenvalue weighted by molar-refractivity contribution is 14.0. The van der Waals surface area contributed by atoms with Crippen LogP contribution in [0.4, 0.5) is 19.0 Å². The molecule has 0 bridgehead atoms. The van der Waals surface area contributed by atoms with Gasteiger partial charge in [0, 0.05) is 52.5 Å². The second kappa shape index (κ2) is 13.0. The van der Waals surface area contributed by atoms with Gasteiger partial charge in [-0.05, 0) is 48.4 Å². The van der Waals surface area contributed by atoms with Gasteiger partial charge in [0.25, 0.3) is 0 Å². The molecule has 2 N–H and O–H groups in total. The van der Waals surface area contributed by atoms with Crippen LogP contribution in [0.25, 0.3) is 0 Å². The third-order valence-corrected chi connectivity index (χ3v) is 5.62. The lowest BCUT2D eigenvalue weighted by Gasteiger charge is -2.34. The number of alkyl halides is 3. The zero-order valence-corrected chi connectivity index (χ0v) is 21.4. The number of hydrogen-bond donors (Lipinski definition) is 2. The number of benzene rings is 1. The van der Waals surface area contributed by atoms with E-state index in [1.165, 1.54) is 12.1 Å². The minimum absolute atomic E-state index is 0. The van der Waals surface area contributed by atoms with Crippen molar-refractivity contribution in [1.82, 2.24) is 20.5 Å². The summed E-state index contributed by atoms with van der Waals surface area (Å²) in [4.78, 5) is 13.5. The lowest BCUT2D eigenvalue weighted by Crippen LogP contribution is -2.46. The van der Waals surface area contributed by atoms with Crippen LogP contribution in [0.2, 0.25) is 0 Å². The molecule has 1 aliphatic heterocycles. The molecule has 182 valence electrons. The maximum atomic E-state index is 12.7. The molecule has 2 aromatic rings. The molecule has 0 atom stereocenters. The van der Waals surface area contributed by atoms with Gasteiger partial charge in [-0.1, -0.05) is 19.1 Å². The SMILES string of the molecule is CCN1CCN(c2cc(CNC(=NC)NCCc3ccc(C(F)(F)F)cc3)ccn2)CC1.I. The van der Waals surface area contributed by atoms with Gasteiger partial charge in [-0.3, -0.25) is 4.99 Å². The second-order valence-electron chi connectivity index (χ2n) is 7.74. The van der Waals surface area contributed by atoms with Crippen LogP contribution in [-0.2, 0) is 19.1 Å². The smallest absolute Gasteiger partial charge is 0.356 e. The monoisotopic (exact) mass is 576 g/mol. The Bertz CT molecular complexity index is 881. The van der Waals surface area contributed by atoms with E-state index in [9.17, 15) is 13.2 Å². The van der Waals surface area contributed by atoms with Crippen molar-refractivity contribution in [3.63, 3.8) is 0 Å². The molecule has 3 rings (SSSR count). The first-order valence-electron chi connectivity index (χ1n) is 10.9. The van der Waals surface area contributed by atoms with Crippen molar-refractivity contribution < 1.29 is 13.2 Å². The summed E-state index contributed by atoms with van der Waals surface area (Å²) < 4.78 is 38.0. The van der Waals surface area contributed by atoms with Gasteiger partial charge in [-0.25, -0.2) is 4.98 Å². The zero-order chi connectivity index (χ0) is 23.0. The van der Waals surface area contributed by atoms with Crippen molar-refractivity contribution in [3.8, 4) is 0 Å². The fourth-order valence-corrected chi connectivity index (χ4v) is 3.63. The molecule has 1 aliphatic rings. The van der Waals surface area contributed by atoms with E-state index >= 15 is 0 Å². The van der Waals surface area contributed by atoms with Crippen LogP contribution in [0, 0.1) is 0 Å². The van der Waals surface area contributed by atoms with E-state index in [1.54, 1.807) is 7.05 Å². The summed E-state index contributed by atoms with van der Waals surface area (Å²) in [5.41, 5.74) is 1.32. The number of nitrogens with one attached hydrogen (secondary N) is 2. The van der Waals surface area contributed by atoms with Gasteiger partial charge in [0.1, 0.15) is 5.82 Å². The second-order valence-corrected chi connectivity index (χ2v) is 7.74. The minimum atomic E-state index is -4.31. The molecule has 6 nitrogen and oxygen atoms in total. The van der Waals surface area contributed by atoms with Gasteiger partial charge in [0.2, 0.25) is 0 Å². The average Bonchev–Trinajstić information content (AvgIpc) is 2.81. The Kier molecular flexibility index (Phi) is 10.7. The highest BCUT2D eigenvalue weighted by Crippen LogP contribution is 2.29. The van der Waals surface area contributed by atoms with E-state index in [-0.39, 0.29) is 24.0 Å². The summed E-state index contributed by atoms with van der Waals surface area (Å²) in [6.45, 7) is 8.49. The van der Waals surface area contributed by atoms with Crippen LogP contribution in [0.1, 0.15) is 23.6 Å². The van der Waals surface area contributed by atoms with Crippen molar-refractivity contribution in [2.75, 3.05) is 51.2 Å². The third-order valence-electron chi connectivity index (χ3n) is 5.62. The summed E-state index contributed by atoms with van der Waals surface area (Å²) in [5, 5.41) is 6.49. The van der Waals surface area contributed by atoms with Gasteiger partial charge in [0.05, 0.1) is 5.56 Å². The van der Waals surface area contributed by atoms with Crippen molar-refractivity contribution in [3.05, 3.63) is 59.3 Å². The van der Waals surface area contributed by atoms with Gasteiger partial charge < -0.3 is 20.4 Å². The molecule has 0 saturated carbocycles.